The van der Waals surface area contributed by atoms with Crippen LogP contribution in [0.25, 0.3) is 0 Å². The number of hydrogen-bond donors (Lipinski definition) is 2. The monoisotopic (exact) mass is 244 g/mol. The summed E-state index contributed by atoms with van der Waals surface area (Å²) in [5, 5.41) is 5.36. The molecule has 4 heteroatoms. The second-order valence-corrected chi connectivity index (χ2v) is 3.90. The van der Waals surface area contributed by atoms with Crippen molar-refractivity contribution < 1.29 is 9.18 Å². The number of anilines is 2. The van der Waals surface area contributed by atoms with Crippen LogP contribution in [0, 0.1) is 12.7 Å². The van der Waals surface area contributed by atoms with Crippen molar-refractivity contribution in [2.24, 2.45) is 0 Å². The van der Waals surface area contributed by atoms with Crippen LogP contribution in [-0.2, 0) is 0 Å². The fourth-order valence-electron chi connectivity index (χ4n) is 1.53. The zero-order valence-corrected chi connectivity index (χ0v) is 9.91. The van der Waals surface area contributed by atoms with Crippen molar-refractivity contribution in [1.82, 2.24) is 0 Å². The van der Waals surface area contributed by atoms with Crippen LogP contribution in [0.3, 0.4) is 0 Å². The molecule has 0 radical (unpaired) electrons. The average molecular weight is 244 g/mol. The van der Waals surface area contributed by atoms with Gasteiger partial charge in [0, 0.05) is 11.4 Å². The Morgan fingerprint density at radius 1 is 1.00 bits per heavy atom. The van der Waals surface area contributed by atoms with E-state index in [-0.39, 0.29) is 11.8 Å². The minimum Gasteiger partial charge on any atom is -0.308 e. The van der Waals surface area contributed by atoms with Gasteiger partial charge in [0.25, 0.3) is 0 Å². The highest BCUT2D eigenvalue weighted by molar-refractivity contribution is 6.00. The number of benzene rings is 2. The highest BCUT2D eigenvalue weighted by Gasteiger charge is 2.04. The molecule has 2 N–H and O–H groups in total. The van der Waals surface area contributed by atoms with Gasteiger partial charge in [0.15, 0.2) is 0 Å². The number of halogens is 1. The van der Waals surface area contributed by atoms with E-state index in [0.29, 0.717) is 5.69 Å². The number of para-hydroxylation sites is 1. The molecule has 0 spiro atoms. The van der Waals surface area contributed by atoms with E-state index in [1.807, 2.05) is 31.2 Å². The molecule has 18 heavy (non-hydrogen) atoms. The molecule has 2 aromatic carbocycles. The molecule has 0 saturated carbocycles. The Balaban J connectivity index is 2.01. The van der Waals surface area contributed by atoms with Crippen molar-refractivity contribution in [3.63, 3.8) is 0 Å². The number of rotatable bonds is 2. The molecule has 92 valence electrons. The first-order chi connectivity index (χ1) is 8.65. The lowest BCUT2D eigenvalue weighted by Gasteiger charge is -2.09. The Morgan fingerprint density at radius 3 is 2.33 bits per heavy atom. The van der Waals surface area contributed by atoms with E-state index in [0.717, 1.165) is 11.3 Å². The normalized spacial score (nSPS) is 9.89. The summed E-state index contributed by atoms with van der Waals surface area (Å²) in [6.45, 7) is 1.91. The van der Waals surface area contributed by atoms with Crippen molar-refractivity contribution in [2.75, 3.05) is 10.6 Å². The van der Waals surface area contributed by atoms with Crippen LogP contribution in [0.1, 0.15) is 5.56 Å². The molecule has 0 heterocycles. The van der Waals surface area contributed by atoms with Crippen LogP contribution in [0.5, 0.6) is 0 Å². The summed E-state index contributed by atoms with van der Waals surface area (Å²) < 4.78 is 12.7. The van der Waals surface area contributed by atoms with E-state index in [2.05, 4.69) is 10.6 Å². The quantitative estimate of drug-likeness (QED) is 0.829. The zero-order valence-electron chi connectivity index (χ0n) is 9.91. The molecule has 0 aromatic heterocycles. The van der Waals surface area contributed by atoms with Crippen LogP contribution < -0.4 is 10.6 Å². The van der Waals surface area contributed by atoms with Gasteiger partial charge in [-0.15, -0.1) is 0 Å². The number of urea groups is 1. The van der Waals surface area contributed by atoms with Gasteiger partial charge in [-0.25, -0.2) is 9.18 Å². The molecule has 0 saturated heterocycles. The smallest absolute Gasteiger partial charge is 0.308 e. The maximum absolute atomic E-state index is 12.7. The molecular weight excluding hydrogens is 231 g/mol. The van der Waals surface area contributed by atoms with Gasteiger partial charge in [-0.05, 0) is 42.8 Å². The first kappa shape index (κ1) is 12.1. The van der Waals surface area contributed by atoms with Crippen LogP contribution in [0.15, 0.2) is 48.5 Å². The van der Waals surface area contributed by atoms with E-state index in [9.17, 15) is 9.18 Å². The largest absolute Gasteiger partial charge is 0.323 e. The minimum absolute atomic E-state index is 0.333. The molecule has 0 atom stereocenters. The number of carbonyl (C=O) groups excluding carboxylic acids is 1. The van der Waals surface area contributed by atoms with E-state index in [4.69, 9.17) is 0 Å². The lowest BCUT2D eigenvalue weighted by atomic mass is 10.2. The highest BCUT2D eigenvalue weighted by atomic mass is 19.1. The van der Waals surface area contributed by atoms with Gasteiger partial charge >= 0.3 is 6.03 Å². The molecule has 2 aromatic rings. The zero-order chi connectivity index (χ0) is 13.0. The van der Waals surface area contributed by atoms with E-state index in [1.165, 1.54) is 24.3 Å². The maximum Gasteiger partial charge on any atom is 0.323 e. The molecule has 2 rings (SSSR count). The molecule has 0 aliphatic carbocycles. The summed E-state index contributed by atoms with van der Waals surface area (Å²) in [6, 6.07) is 12.7. The van der Waals surface area contributed by atoms with Crippen LogP contribution in [0.2, 0.25) is 0 Å². The second-order valence-electron chi connectivity index (χ2n) is 3.90. The first-order valence-electron chi connectivity index (χ1n) is 5.54. The molecule has 0 bridgehead atoms. The van der Waals surface area contributed by atoms with Gasteiger partial charge in [0.05, 0.1) is 0 Å². The Bertz CT molecular complexity index is 552. The fourth-order valence-corrected chi connectivity index (χ4v) is 1.53. The summed E-state index contributed by atoms with van der Waals surface area (Å²) in [6.07, 6.45) is 0. The summed E-state index contributed by atoms with van der Waals surface area (Å²) in [4.78, 5) is 11.7. The SMILES string of the molecule is Cc1ccccc1NC(=O)Nc1ccc(F)cc1. The third-order valence-electron chi connectivity index (χ3n) is 2.50. The third-order valence-corrected chi connectivity index (χ3v) is 2.50. The van der Waals surface area contributed by atoms with Gasteiger partial charge in [0.1, 0.15) is 5.82 Å². The molecule has 2 amide bonds. The van der Waals surface area contributed by atoms with Crippen LogP contribution in [0.4, 0.5) is 20.6 Å². The maximum atomic E-state index is 12.7. The molecule has 3 nitrogen and oxygen atoms in total. The van der Waals surface area contributed by atoms with Gasteiger partial charge < -0.3 is 10.6 Å². The van der Waals surface area contributed by atoms with Crippen LogP contribution in [-0.4, -0.2) is 6.03 Å². The molecular formula is C14H13FN2O. The second kappa shape index (κ2) is 5.31. The van der Waals surface area contributed by atoms with Gasteiger partial charge in [-0.1, -0.05) is 18.2 Å². The standard InChI is InChI=1S/C14H13FN2O/c1-10-4-2-3-5-13(10)17-14(18)16-12-8-6-11(15)7-9-12/h2-9H,1H3,(H2,16,17,18). The predicted octanol–water partition coefficient (Wildman–Crippen LogP) is 3.78. The Hall–Kier alpha value is -2.36. The van der Waals surface area contributed by atoms with E-state index in [1.54, 1.807) is 0 Å². The minimum atomic E-state index is -0.351. The molecule has 0 aliphatic rings. The summed E-state index contributed by atoms with van der Waals surface area (Å²) >= 11 is 0. The summed E-state index contributed by atoms with van der Waals surface area (Å²) in [7, 11) is 0. The van der Waals surface area contributed by atoms with Crippen molar-refractivity contribution in [3.8, 4) is 0 Å². The summed E-state index contributed by atoms with van der Waals surface area (Å²) in [5.41, 5.74) is 2.27. The highest BCUT2D eigenvalue weighted by Crippen LogP contribution is 2.14. The first-order valence-corrected chi connectivity index (χ1v) is 5.54. The van der Waals surface area contributed by atoms with Crippen molar-refractivity contribution >= 4 is 17.4 Å². The number of carbonyl (C=O) groups is 1. The van der Waals surface area contributed by atoms with Gasteiger partial charge in [-0.2, -0.15) is 0 Å². The van der Waals surface area contributed by atoms with Gasteiger partial charge in [-0.3, -0.25) is 0 Å². The average Bonchev–Trinajstić information content (AvgIpc) is 2.35. The molecule has 0 unspecified atom stereocenters. The third kappa shape index (κ3) is 3.07. The van der Waals surface area contributed by atoms with E-state index >= 15 is 0 Å². The number of nitrogens with one attached hydrogen (secondary N) is 2. The Labute approximate surface area is 105 Å². The molecule has 0 fully saturated rings. The van der Waals surface area contributed by atoms with Crippen molar-refractivity contribution in [2.45, 2.75) is 6.92 Å². The van der Waals surface area contributed by atoms with Gasteiger partial charge in [0.2, 0.25) is 0 Å². The Morgan fingerprint density at radius 2 is 1.67 bits per heavy atom. The van der Waals surface area contributed by atoms with Crippen molar-refractivity contribution in [1.29, 1.82) is 0 Å². The van der Waals surface area contributed by atoms with Crippen LogP contribution >= 0.6 is 0 Å². The van der Waals surface area contributed by atoms with E-state index < -0.39 is 0 Å². The lowest BCUT2D eigenvalue weighted by Crippen LogP contribution is -2.19. The fraction of sp³-hybridized carbons (Fsp3) is 0.0714. The lowest BCUT2D eigenvalue weighted by molar-refractivity contribution is 0.262. The number of hydrogen-bond acceptors (Lipinski definition) is 1. The number of amides is 2. The summed E-state index contributed by atoms with van der Waals surface area (Å²) in [5.74, 6) is -0.333. The number of aryl methyl sites for hydroxylation is 1. The topological polar surface area (TPSA) is 41.1 Å². The Kier molecular flexibility index (Phi) is 3.57. The predicted molar refractivity (Wildman–Crippen MR) is 70.2 cm³/mol. The molecule has 0 aliphatic heterocycles. The van der Waals surface area contributed by atoms with Crippen molar-refractivity contribution in [3.05, 3.63) is 59.9 Å².